The number of rotatable bonds is 4. The molecule has 1 aliphatic rings. The van der Waals surface area contributed by atoms with E-state index < -0.39 is 0 Å². The van der Waals surface area contributed by atoms with E-state index in [4.69, 9.17) is 10.5 Å². The van der Waals surface area contributed by atoms with E-state index in [9.17, 15) is 0 Å². The first-order valence-electron chi connectivity index (χ1n) is 5.67. The van der Waals surface area contributed by atoms with Crippen molar-refractivity contribution in [3.63, 3.8) is 0 Å². The summed E-state index contributed by atoms with van der Waals surface area (Å²) in [4.78, 5) is 2.94. The van der Waals surface area contributed by atoms with Crippen LogP contribution in [0.15, 0.2) is 30.6 Å². The van der Waals surface area contributed by atoms with Gasteiger partial charge in [-0.2, -0.15) is 0 Å². The smallest absolute Gasteiger partial charge is 0.139 e. The number of aromatic nitrogens is 1. The maximum Gasteiger partial charge on any atom is 0.139 e. The SMILES string of the molecule is C=C1CCC(N)C(NCOc2cc[nH]c2)C1. The highest BCUT2D eigenvalue weighted by atomic mass is 16.5. The van der Waals surface area contributed by atoms with E-state index in [1.54, 1.807) is 0 Å². The Morgan fingerprint density at radius 1 is 1.62 bits per heavy atom. The van der Waals surface area contributed by atoms with Crippen LogP contribution in [0.2, 0.25) is 0 Å². The summed E-state index contributed by atoms with van der Waals surface area (Å²) in [5, 5.41) is 3.32. The van der Waals surface area contributed by atoms with Gasteiger partial charge in [-0.1, -0.05) is 12.2 Å². The summed E-state index contributed by atoms with van der Waals surface area (Å²) in [6, 6.07) is 2.39. The lowest BCUT2D eigenvalue weighted by Crippen LogP contribution is -2.48. The van der Waals surface area contributed by atoms with Crippen molar-refractivity contribution < 1.29 is 4.74 Å². The topological polar surface area (TPSA) is 63.1 Å². The number of aromatic amines is 1. The molecule has 0 bridgehead atoms. The van der Waals surface area contributed by atoms with Gasteiger partial charge in [0.1, 0.15) is 12.5 Å². The van der Waals surface area contributed by atoms with Crippen LogP contribution in [0.4, 0.5) is 0 Å². The Hall–Kier alpha value is -1.26. The minimum Gasteiger partial charge on any atom is -0.477 e. The third-order valence-electron chi connectivity index (χ3n) is 3.01. The van der Waals surface area contributed by atoms with Crippen molar-refractivity contribution in [3.8, 4) is 5.75 Å². The molecule has 4 nitrogen and oxygen atoms in total. The van der Waals surface area contributed by atoms with Crippen LogP contribution in [0.5, 0.6) is 5.75 Å². The van der Waals surface area contributed by atoms with Gasteiger partial charge in [-0.15, -0.1) is 0 Å². The van der Waals surface area contributed by atoms with Crippen LogP contribution < -0.4 is 15.8 Å². The van der Waals surface area contributed by atoms with Gasteiger partial charge in [-0.25, -0.2) is 0 Å². The quantitative estimate of drug-likeness (QED) is 0.531. The Kier molecular flexibility index (Phi) is 3.64. The molecule has 2 rings (SSSR count). The molecule has 88 valence electrons. The molecule has 0 saturated heterocycles. The fraction of sp³-hybridized carbons (Fsp3) is 0.500. The molecule has 0 radical (unpaired) electrons. The fourth-order valence-electron chi connectivity index (χ4n) is 1.99. The lowest BCUT2D eigenvalue weighted by atomic mass is 9.88. The van der Waals surface area contributed by atoms with E-state index in [1.807, 2.05) is 18.5 Å². The highest BCUT2D eigenvalue weighted by Gasteiger charge is 2.22. The molecule has 1 fully saturated rings. The monoisotopic (exact) mass is 221 g/mol. The van der Waals surface area contributed by atoms with Crippen molar-refractivity contribution >= 4 is 0 Å². The van der Waals surface area contributed by atoms with Crippen LogP contribution in [0.25, 0.3) is 0 Å². The molecule has 1 saturated carbocycles. The standard InChI is InChI=1S/C12H19N3O/c1-9-2-3-11(13)12(6-9)15-8-16-10-4-5-14-7-10/h4-5,7,11-12,14-15H,1-3,6,8,13H2. The van der Waals surface area contributed by atoms with Gasteiger partial charge in [0.25, 0.3) is 0 Å². The van der Waals surface area contributed by atoms with Gasteiger partial charge < -0.3 is 15.5 Å². The molecule has 2 atom stereocenters. The van der Waals surface area contributed by atoms with E-state index in [1.165, 1.54) is 5.57 Å². The summed E-state index contributed by atoms with van der Waals surface area (Å²) in [6.07, 6.45) is 6.68. The van der Waals surface area contributed by atoms with E-state index in [-0.39, 0.29) is 6.04 Å². The van der Waals surface area contributed by atoms with Crippen molar-refractivity contribution in [2.24, 2.45) is 5.73 Å². The number of nitrogens with two attached hydrogens (primary N) is 1. The van der Waals surface area contributed by atoms with Crippen LogP contribution in [-0.2, 0) is 0 Å². The van der Waals surface area contributed by atoms with Gasteiger partial charge in [0.15, 0.2) is 0 Å². The lowest BCUT2D eigenvalue weighted by molar-refractivity contribution is 0.240. The van der Waals surface area contributed by atoms with E-state index in [0.717, 1.165) is 25.0 Å². The number of hydrogen-bond acceptors (Lipinski definition) is 3. The first-order valence-corrected chi connectivity index (χ1v) is 5.67. The molecule has 16 heavy (non-hydrogen) atoms. The Bertz CT molecular complexity index is 334. The first kappa shape index (κ1) is 11.2. The summed E-state index contributed by atoms with van der Waals surface area (Å²) in [5.74, 6) is 0.843. The maximum atomic E-state index is 6.04. The van der Waals surface area contributed by atoms with Crippen molar-refractivity contribution in [2.45, 2.75) is 31.3 Å². The first-order chi connectivity index (χ1) is 7.75. The summed E-state index contributed by atoms with van der Waals surface area (Å²) < 4.78 is 5.50. The molecular formula is C12H19N3O. The zero-order valence-corrected chi connectivity index (χ0v) is 9.41. The average molecular weight is 221 g/mol. The van der Waals surface area contributed by atoms with Crippen LogP contribution in [0.3, 0.4) is 0 Å². The second kappa shape index (κ2) is 5.18. The Balaban J connectivity index is 1.74. The second-order valence-corrected chi connectivity index (χ2v) is 4.30. The number of nitrogens with one attached hydrogen (secondary N) is 2. The normalized spacial score (nSPS) is 25.7. The van der Waals surface area contributed by atoms with Crippen molar-refractivity contribution in [3.05, 3.63) is 30.6 Å². The van der Waals surface area contributed by atoms with Gasteiger partial charge in [0.2, 0.25) is 0 Å². The van der Waals surface area contributed by atoms with Crippen LogP contribution in [0.1, 0.15) is 19.3 Å². The predicted molar refractivity (Wildman–Crippen MR) is 64.2 cm³/mol. The minimum absolute atomic E-state index is 0.209. The fourth-order valence-corrected chi connectivity index (χ4v) is 1.99. The molecular weight excluding hydrogens is 202 g/mol. The van der Waals surface area contributed by atoms with Crippen molar-refractivity contribution in [1.29, 1.82) is 0 Å². The molecule has 1 aromatic heterocycles. The van der Waals surface area contributed by atoms with E-state index >= 15 is 0 Å². The summed E-state index contributed by atoms with van der Waals surface area (Å²) in [6.45, 7) is 4.51. The summed E-state index contributed by atoms with van der Waals surface area (Å²) in [7, 11) is 0. The largest absolute Gasteiger partial charge is 0.477 e. The van der Waals surface area contributed by atoms with Gasteiger partial charge in [0.05, 0.1) is 0 Å². The molecule has 0 aromatic carbocycles. The van der Waals surface area contributed by atoms with Crippen molar-refractivity contribution in [1.82, 2.24) is 10.3 Å². The number of hydrogen-bond donors (Lipinski definition) is 3. The number of H-pyrrole nitrogens is 1. The Morgan fingerprint density at radius 3 is 3.25 bits per heavy atom. The van der Waals surface area contributed by atoms with Crippen LogP contribution in [-0.4, -0.2) is 23.8 Å². The second-order valence-electron chi connectivity index (χ2n) is 4.30. The summed E-state index contributed by atoms with van der Waals surface area (Å²) in [5.41, 5.74) is 7.31. The molecule has 0 spiro atoms. The third-order valence-corrected chi connectivity index (χ3v) is 3.01. The molecule has 4 heteroatoms. The summed E-state index contributed by atoms with van der Waals surface area (Å²) >= 11 is 0. The highest BCUT2D eigenvalue weighted by Crippen LogP contribution is 2.21. The molecule has 1 aromatic rings. The van der Waals surface area contributed by atoms with Gasteiger partial charge in [-0.05, 0) is 25.3 Å². The zero-order valence-electron chi connectivity index (χ0n) is 9.41. The third kappa shape index (κ3) is 2.87. The van der Waals surface area contributed by atoms with Gasteiger partial charge >= 0.3 is 0 Å². The van der Waals surface area contributed by atoms with E-state index in [0.29, 0.717) is 12.8 Å². The van der Waals surface area contributed by atoms with Gasteiger partial charge in [0, 0.05) is 24.5 Å². The molecule has 4 N–H and O–H groups in total. The molecule has 1 heterocycles. The molecule has 0 aliphatic heterocycles. The molecule has 0 amide bonds. The maximum absolute atomic E-state index is 6.04. The van der Waals surface area contributed by atoms with Gasteiger partial charge in [-0.3, -0.25) is 5.32 Å². The molecule has 2 unspecified atom stereocenters. The molecule has 1 aliphatic carbocycles. The predicted octanol–water partition coefficient (Wildman–Crippen LogP) is 1.38. The van der Waals surface area contributed by atoms with Crippen LogP contribution in [0, 0.1) is 0 Å². The van der Waals surface area contributed by atoms with E-state index in [2.05, 4.69) is 16.9 Å². The highest BCUT2D eigenvalue weighted by molar-refractivity contribution is 5.15. The minimum atomic E-state index is 0.209. The Labute approximate surface area is 95.9 Å². The van der Waals surface area contributed by atoms with Crippen molar-refractivity contribution in [2.75, 3.05) is 6.73 Å². The van der Waals surface area contributed by atoms with Crippen LogP contribution >= 0.6 is 0 Å². The average Bonchev–Trinajstić information content (AvgIpc) is 2.76. The number of ether oxygens (including phenoxy) is 1. The Morgan fingerprint density at radius 2 is 2.50 bits per heavy atom. The lowest BCUT2D eigenvalue weighted by Gasteiger charge is -2.30. The zero-order chi connectivity index (χ0) is 11.4.